The van der Waals surface area contributed by atoms with Crippen LogP contribution in [0.1, 0.15) is 166 Å². The van der Waals surface area contributed by atoms with Crippen LogP contribution in [-0.2, 0) is 35.0 Å². The van der Waals surface area contributed by atoms with E-state index in [-0.39, 0.29) is 23.5 Å². The monoisotopic (exact) mass is 1060 g/mol. The smallest absolute Gasteiger partial charge is 0.413 e. The summed E-state index contributed by atoms with van der Waals surface area (Å²) < 4.78 is 27.6. The third-order valence-electron chi connectivity index (χ3n) is 10.4. The molecule has 0 aliphatic heterocycles. The number of nitrogens with one attached hydrogen (secondary N) is 8. The average molecular weight is 1060 g/mol. The van der Waals surface area contributed by atoms with Crippen molar-refractivity contribution < 1.29 is 52.5 Å². The van der Waals surface area contributed by atoms with Crippen LogP contribution in [0.25, 0.3) is 0 Å². The van der Waals surface area contributed by atoms with Gasteiger partial charge in [-0.2, -0.15) is 0 Å². The van der Waals surface area contributed by atoms with Crippen LogP contribution in [0.15, 0.2) is 49.1 Å². The van der Waals surface area contributed by atoms with Crippen LogP contribution in [0, 0.1) is 0 Å². The Hall–Kier alpha value is -5.92. The maximum absolute atomic E-state index is 13.6. The lowest BCUT2D eigenvalue weighted by Crippen LogP contribution is -2.49. The van der Waals surface area contributed by atoms with Crippen LogP contribution in [0.2, 0.25) is 0 Å². The fraction of sp³-hybridized carbons (Fsp3) is 0.709. The van der Waals surface area contributed by atoms with Crippen LogP contribution in [-0.4, -0.2) is 128 Å². The minimum absolute atomic E-state index is 0.289. The van der Waals surface area contributed by atoms with Crippen molar-refractivity contribution >= 4 is 36.2 Å². The highest BCUT2D eigenvalue weighted by Gasteiger charge is 2.26. The molecule has 0 aliphatic rings. The highest BCUT2D eigenvalue weighted by Crippen LogP contribution is 2.16. The molecule has 1 rings (SSSR count). The molecule has 8 N–H and O–H groups in total. The number of hydrogen-bond donors (Lipinski definition) is 8. The van der Waals surface area contributed by atoms with E-state index < -0.39 is 58.9 Å². The number of alkyl carbamates (subject to hydrolysis) is 4. The van der Waals surface area contributed by atoms with Gasteiger partial charge in [-0.3, -0.25) is 25.1 Å². The Kier molecular flexibility index (Phi) is 31.0. The minimum atomic E-state index is -0.854. The number of hydrogen-bond acceptors (Lipinski definition) is 14. The third kappa shape index (κ3) is 37.5. The van der Waals surface area contributed by atoms with Gasteiger partial charge in [-0.15, -0.1) is 0 Å². The molecule has 0 heterocycles. The van der Waals surface area contributed by atoms with Crippen LogP contribution in [0.3, 0.4) is 0 Å². The Morgan fingerprint density at radius 1 is 0.493 bits per heavy atom. The van der Waals surface area contributed by atoms with E-state index in [0.717, 1.165) is 18.6 Å². The summed E-state index contributed by atoms with van der Waals surface area (Å²) in [6, 6.07) is 6.49. The zero-order valence-corrected chi connectivity index (χ0v) is 48.0. The van der Waals surface area contributed by atoms with Crippen molar-refractivity contribution in [2.45, 2.75) is 202 Å². The van der Waals surface area contributed by atoms with Crippen LogP contribution in [0.4, 0.5) is 19.2 Å². The van der Waals surface area contributed by atoms with E-state index in [1.54, 1.807) is 83.1 Å². The normalized spacial score (nSPS) is 12.5. The highest BCUT2D eigenvalue weighted by atomic mass is 16.6. The Balaban J connectivity index is 2.96. The topological polar surface area (TPSA) is 248 Å². The molecule has 75 heavy (non-hydrogen) atoms. The first-order valence-corrected chi connectivity index (χ1v) is 26.8. The molecule has 1 aromatic rings. The summed E-state index contributed by atoms with van der Waals surface area (Å²) in [6.45, 7) is 34.7. The molecule has 0 saturated carbocycles. The van der Waals surface area contributed by atoms with Crippen molar-refractivity contribution in [1.29, 1.82) is 0 Å². The van der Waals surface area contributed by atoms with E-state index in [0.29, 0.717) is 104 Å². The first-order valence-electron chi connectivity index (χ1n) is 26.8. The molecule has 0 aromatic heterocycles. The molecule has 0 radical (unpaired) electrons. The van der Waals surface area contributed by atoms with Crippen LogP contribution < -0.4 is 47.3 Å². The summed E-state index contributed by atoms with van der Waals surface area (Å²) in [7, 11) is 0. The highest BCUT2D eigenvalue weighted by molar-refractivity contribution is 5.86. The lowest BCUT2D eigenvalue weighted by Gasteiger charge is -2.25. The van der Waals surface area contributed by atoms with Gasteiger partial charge in [-0.05, 0) is 178 Å². The third-order valence-corrected chi connectivity index (χ3v) is 10.4. The number of carbonyl (C=O) groups excluding carboxylic acids is 6. The molecule has 0 aliphatic carbocycles. The Bertz CT molecular complexity index is 1800. The second kappa shape index (κ2) is 34.6. The van der Waals surface area contributed by atoms with E-state index >= 15 is 0 Å². The standard InChI is InChI=1S/C55H97N9O11/c1-16-17-18-25-42-28-30-43(31-29-42)71-39-38-64(36-23-34-58-46(65)44(62-50(69)74-54(10,11)12)26-19-21-32-56-40(2)60-48(67)72-52(4,5)6)37-24-35-59-47(66)45(63-51(70)75-55(13,14)15)27-20-22-33-57-41(3)61-49(68)73-53(7,8)9/h28-31,44-45,56-57H,2-3,16-27,32-39H2,1,4-15H3,(H,58,65)(H,59,66)(H,60,67)(H,61,68)(H,62,69)(H,63,70)/t44-,45+. The Morgan fingerprint density at radius 2 is 0.880 bits per heavy atom. The van der Waals surface area contributed by atoms with E-state index in [1.165, 1.54) is 18.4 Å². The van der Waals surface area contributed by atoms with Crippen LogP contribution >= 0.6 is 0 Å². The molecule has 0 unspecified atom stereocenters. The molecule has 0 spiro atoms. The predicted molar refractivity (Wildman–Crippen MR) is 294 cm³/mol. The summed E-state index contributed by atoms with van der Waals surface area (Å²) in [5.41, 5.74) is -1.56. The minimum Gasteiger partial charge on any atom is -0.492 e. The van der Waals surface area contributed by atoms with Gasteiger partial charge in [0, 0.05) is 32.7 Å². The molecule has 2 atom stereocenters. The summed E-state index contributed by atoms with van der Waals surface area (Å²) in [5.74, 6) is 0.671. The molecule has 20 heteroatoms. The molecule has 428 valence electrons. The number of benzene rings is 1. The van der Waals surface area contributed by atoms with E-state index in [9.17, 15) is 28.8 Å². The summed E-state index contributed by atoms with van der Waals surface area (Å²) in [5, 5.41) is 22.6. The maximum atomic E-state index is 13.6. The number of rotatable bonds is 34. The lowest BCUT2D eigenvalue weighted by molar-refractivity contribution is -0.124. The molecule has 0 fully saturated rings. The molecule has 0 saturated heterocycles. The molecule has 0 bridgehead atoms. The number of carbonyl (C=O) groups is 6. The molecular weight excluding hydrogens is 963 g/mol. The number of aryl methyl sites for hydroxylation is 1. The van der Waals surface area contributed by atoms with Gasteiger partial charge in [-0.1, -0.05) is 45.1 Å². The first-order chi connectivity index (χ1) is 34.9. The van der Waals surface area contributed by atoms with Gasteiger partial charge in [0.05, 0.1) is 0 Å². The Labute approximate surface area is 449 Å². The van der Waals surface area contributed by atoms with E-state index in [1.807, 2.05) is 12.1 Å². The predicted octanol–water partition coefficient (Wildman–Crippen LogP) is 8.41. The zero-order valence-electron chi connectivity index (χ0n) is 48.0. The maximum Gasteiger partial charge on any atom is 0.413 e. The zero-order chi connectivity index (χ0) is 56.7. The van der Waals surface area contributed by atoms with Gasteiger partial charge < -0.3 is 55.6 Å². The fourth-order valence-electron chi connectivity index (χ4n) is 7.04. The first kappa shape index (κ1) is 67.1. The largest absolute Gasteiger partial charge is 0.492 e. The van der Waals surface area contributed by atoms with Gasteiger partial charge >= 0.3 is 24.4 Å². The summed E-state index contributed by atoms with van der Waals surface area (Å²) in [4.78, 5) is 79.2. The molecule has 6 amide bonds. The van der Waals surface area contributed by atoms with Gasteiger partial charge in [0.25, 0.3) is 0 Å². The van der Waals surface area contributed by atoms with Crippen molar-refractivity contribution in [3.05, 3.63) is 54.6 Å². The van der Waals surface area contributed by atoms with Crippen LogP contribution in [0.5, 0.6) is 5.75 Å². The van der Waals surface area contributed by atoms with E-state index in [2.05, 4.69) is 79.6 Å². The number of amides is 6. The second-order valence-corrected chi connectivity index (χ2v) is 22.5. The van der Waals surface area contributed by atoms with Crippen molar-refractivity contribution in [3.8, 4) is 5.75 Å². The summed E-state index contributed by atoms with van der Waals surface area (Å²) in [6.07, 6.45) is 6.10. The summed E-state index contributed by atoms with van der Waals surface area (Å²) >= 11 is 0. The molecular formula is C55H97N9O11. The second-order valence-electron chi connectivity index (χ2n) is 22.5. The van der Waals surface area contributed by atoms with Gasteiger partial charge in [0.1, 0.15) is 58.5 Å². The quantitative estimate of drug-likeness (QED) is 0.0239. The fourth-order valence-corrected chi connectivity index (χ4v) is 7.04. The number of ether oxygens (including phenoxy) is 5. The van der Waals surface area contributed by atoms with Gasteiger partial charge in [0.2, 0.25) is 11.8 Å². The number of unbranched alkanes of at least 4 members (excludes halogenated alkanes) is 4. The lowest BCUT2D eigenvalue weighted by atomic mass is 10.1. The Morgan fingerprint density at radius 3 is 1.27 bits per heavy atom. The van der Waals surface area contributed by atoms with Crippen molar-refractivity contribution in [2.75, 3.05) is 52.4 Å². The SMILES string of the molecule is C=C(NCCCC[C@H](NC(=O)OC(C)(C)C)C(=O)NCCCN(CCCNC(=O)[C@@H](CCCCNC(=C)NC(=O)OC(C)(C)C)NC(=O)OC(C)(C)C)CCOc1ccc(CCCCC)cc1)NC(=O)OC(C)(C)C. The van der Waals surface area contributed by atoms with Crippen molar-refractivity contribution in [3.63, 3.8) is 0 Å². The van der Waals surface area contributed by atoms with Crippen molar-refractivity contribution in [2.24, 2.45) is 0 Å². The number of nitrogens with zero attached hydrogens (tertiary/aromatic N) is 1. The van der Waals surface area contributed by atoms with Crippen molar-refractivity contribution in [1.82, 2.24) is 47.4 Å². The van der Waals surface area contributed by atoms with Gasteiger partial charge in [-0.25, -0.2) is 19.2 Å². The average Bonchev–Trinajstić information content (AvgIpc) is 3.25. The van der Waals surface area contributed by atoms with Gasteiger partial charge in [0.15, 0.2) is 0 Å². The molecule has 1 aromatic carbocycles. The molecule has 20 nitrogen and oxygen atoms in total. The van der Waals surface area contributed by atoms with E-state index in [4.69, 9.17) is 23.7 Å².